The summed E-state index contributed by atoms with van der Waals surface area (Å²) in [7, 11) is 0. The van der Waals surface area contributed by atoms with Crippen molar-refractivity contribution in [1.82, 2.24) is 4.98 Å². The van der Waals surface area contributed by atoms with Crippen LogP contribution < -0.4 is 5.73 Å². The topological polar surface area (TPSA) is 65.7 Å². The average molecular weight is 177 g/mol. The van der Waals surface area contributed by atoms with E-state index in [0.717, 1.165) is 17.9 Å². The summed E-state index contributed by atoms with van der Waals surface area (Å²) >= 11 is 0. The number of nitrogens with two attached hydrogens (primary N) is 1. The summed E-state index contributed by atoms with van der Waals surface area (Å²) < 4.78 is 0. The Labute approximate surface area is 77.8 Å². The lowest BCUT2D eigenvalue weighted by atomic mass is 10.0. The van der Waals surface area contributed by atoms with Crippen LogP contribution in [0.25, 0.3) is 0 Å². The molecule has 4 N–H and O–H groups in total. The van der Waals surface area contributed by atoms with Crippen LogP contribution >= 0.6 is 0 Å². The van der Waals surface area contributed by atoms with Crippen molar-refractivity contribution >= 4 is 11.5 Å². The molecule has 70 valence electrons. The van der Waals surface area contributed by atoms with E-state index in [9.17, 15) is 0 Å². The molecule has 1 aromatic rings. The summed E-state index contributed by atoms with van der Waals surface area (Å²) in [6, 6.07) is 0. The molecule has 0 amide bonds. The van der Waals surface area contributed by atoms with Crippen molar-refractivity contribution in [2.45, 2.75) is 26.2 Å². The van der Waals surface area contributed by atoms with Crippen LogP contribution in [0.2, 0.25) is 0 Å². The van der Waals surface area contributed by atoms with E-state index in [0.29, 0.717) is 11.5 Å². The Bertz CT molecular complexity index is 334. The lowest BCUT2D eigenvalue weighted by Crippen LogP contribution is -2.01. The number of aromatic amines is 1. The maximum atomic E-state index is 7.60. The second kappa shape index (κ2) is 2.91. The standard InChI is InChI=1S/C10H15N3/c1-6(11)9-8(4-7-2-3-7)5-13-10(9)12/h5,7,11,13H,2-4,12H2,1H3. The fourth-order valence-corrected chi connectivity index (χ4v) is 1.72. The van der Waals surface area contributed by atoms with Crippen LogP contribution in [0.3, 0.4) is 0 Å². The number of nitrogens with one attached hydrogen (secondary N) is 2. The van der Waals surface area contributed by atoms with Gasteiger partial charge in [-0.15, -0.1) is 0 Å². The Hall–Kier alpha value is -1.25. The molecule has 3 nitrogen and oxygen atoms in total. The van der Waals surface area contributed by atoms with Gasteiger partial charge in [0.05, 0.1) is 0 Å². The zero-order valence-corrected chi connectivity index (χ0v) is 7.85. The quantitative estimate of drug-likeness (QED) is 0.607. The molecular weight excluding hydrogens is 162 g/mol. The maximum Gasteiger partial charge on any atom is 0.110 e. The smallest absolute Gasteiger partial charge is 0.110 e. The first-order chi connectivity index (χ1) is 6.18. The van der Waals surface area contributed by atoms with E-state index in [1.165, 1.54) is 18.4 Å². The molecule has 2 rings (SSSR count). The minimum Gasteiger partial charge on any atom is -0.385 e. The van der Waals surface area contributed by atoms with Crippen molar-refractivity contribution < 1.29 is 0 Å². The molecule has 1 aliphatic rings. The van der Waals surface area contributed by atoms with Crippen LogP contribution in [0.4, 0.5) is 5.82 Å². The lowest BCUT2D eigenvalue weighted by molar-refractivity contribution is 0.832. The van der Waals surface area contributed by atoms with E-state index in [2.05, 4.69) is 4.98 Å². The predicted molar refractivity (Wildman–Crippen MR) is 54.1 cm³/mol. The zero-order chi connectivity index (χ0) is 9.42. The van der Waals surface area contributed by atoms with Crippen LogP contribution in [0, 0.1) is 11.3 Å². The molecule has 0 spiro atoms. The van der Waals surface area contributed by atoms with Crippen molar-refractivity contribution in [2.24, 2.45) is 5.92 Å². The fraction of sp³-hybridized carbons (Fsp3) is 0.500. The third kappa shape index (κ3) is 1.59. The van der Waals surface area contributed by atoms with E-state index < -0.39 is 0 Å². The normalized spacial score (nSPS) is 16.1. The van der Waals surface area contributed by atoms with Gasteiger partial charge in [0.2, 0.25) is 0 Å². The summed E-state index contributed by atoms with van der Waals surface area (Å²) in [5, 5.41) is 7.60. The molecule has 0 aliphatic heterocycles. The van der Waals surface area contributed by atoms with Gasteiger partial charge in [0.25, 0.3) is 0 Å². The Kier molecular flexibility index (Phi) is 1.87. The number of rotatable bonds is 3. The van der Waals surface area contributed by atoms with Gasteiger partial charge in [-0.1, -0.05) is 0 Å². The second-order valence-corrected chi connectivity index (χ2v) is 3.88. The van der Waals surface area contributed by atoms with Gasteiger partial charge in [0, 0.05) is 17.5 Å². The predicted octanol–water partition coefficient (Wildman–Crippen LogP) is 1.94. The van der Waals surface area contributed by atoms with Gasteiger partial charge in [-0.2, -0.15) is 0 Å². The first-order valence-electron chi connectivity index (χ1n) is 4.69. The minimum absolute atomic E-state index is 0.564. The van der Waals surface area contributed by atoms with Crippen LogP contribution in [-0.2, 0) is 6.42 Å². The molecule has 1 aliphatic carbocycles. The van der Waals surface area contributed by atoms with Crippen molar-refractivity contribution in [3.8, 4) is 0 Å². The van der Waals surface area contributed by atoms with Crippen molar-refractivity contribution in [3.63, 3.8) is 0 Å². The van der Waals surface area contributed by atoms with Crippen molar-refractivity contribution in [2.75, 3.05) is 5.73 Å². The van der Waals surface area contributed by atoms with Crippen LogP contribution in [0.1, 0.15) is 30.9 Å². The summed E-state index contributed by atoms with van der Waals surface area (Å²) in [5.41, 5.74) is 8.44. The van der Waals surface area contributed by atoms with E-state index in [-0.39, 0.29) is 0 Å². The van der Waals surface area contributed by atoms with Crippen molar-refractivity contribution in [3.05, 3.63) is 17.3 Å². The third-order valence-corrected chi connectivity index (χ3v) is 2.57. The molecule has 0 atom stereocenters. The highest BCUT2D eigenvalue weighted by atomic mass is 14.8. The molecule has 1 heterocycles. The Morgan fingerprint density at radius 3 is 2.92 bits per heavy atom. The maximum absolute atomic E-state index is 7.60. The third-order valence-electron chi connectivity index (χ3n) is 2.57. The highest BCUT2D eigenvalue weighted by Crippen LogP contribution is 2.34. The number of aromatic nitrogens is 1. The molecule has 0 saturated heterocycles. The molecule has 1 aromatic heterocycles. The summed E-state index contributed by atoms with van der Waals surface area (Å²) in [5.74, 6) is 1.48. The number of H-pyrrole nitrogens is 1. The molecule has 0 radical (unpaired) electrons. The molecular formula is C10H15N3. The molecule has 1 saturated carbocycles. The van der Waals surface area contributed by atoms with Gasteiger partial charge in [0.1, 0.15) is 5.82 Å². The van der Waals surface area contributed by atoms with E-state index in [4.69, 9.17) is 11.1 Å². The minimum atomic E-state index is 0.564. The largest absolute Gasteiger partial charge is 0.385 e. The molecule has 13 heavy (non-hydrogen) atoms. The average Bonchev–Trinajstić information content (AvgIpc) is 2.76. The molecule has 3 heteroatoms. The highest BCUT2D eigenvalue weighted by Gasteiger charge is 2.24. The number of nitrogen functional groups attached to an aromatic ring is 1. The fourth-order valence-electron chi connectivity index (χ4n) is 1.72. The lowest BCUT2D eigenvalue weighted by Gasteiger charge is -2.01. The van der Waals surface area contributed by atoms with Crippen molar-refractivity contribution in [1.29, 1.82) is 5.41 Å². The summed E-state index contributed by atoms with van der Waals surface area (Å²) in [6.07, 6.45) is 5.70. The first kappa shape index (κ1) is 8.35. The highest BCUT2D eigenvalue weighted by molar-refractivity contribution is 6.01. The summed E-state index contributed by atoms with van der Waals surface area (Å²) in [4.78, 5) is 2.99. The van der Waals surface area contributed by atoms with Crippen LogP contribution in [-0.4, -0.2) is 10.7 Å². The van der Waals surface area contributed by atoms with Gasteiger partial charge in [-0.25, -0.2) is 0 Å². The second-order valence-electron chi connectivity index (χ2n) is 3.88. The van der Waals surface area contributed by atoms with Crippen LogP contribution in [0.5, 0.6) is 0 Å². The molecule has 1 fully saturated rings. The van der Waals surface area contributed by atoms with E-state index in [1.54, 1.807) is 6.92 Å². The molecule has 0 bridgehead atoms. The van der Waals surface area contributed by atoms with Gasteiger partial charge < -0.3 is 16.1 Å². The van der Waals surface area contributed by atoms with Gasteiger partial charge in [-0.3, -0.25) is 0 Å². The number of hydrogen-bond donors (Lipinski definition) is 3. The van der Waals surface area contributed by atoms with Gasteiger partial charge in [-0.05, 0) is 37.7 Å². The van der Waals surface area contributed by atoms with Gasteiger partial charge >= 0.3 is 0 Å². The number of hydrogen-bond acceptors (Lipinski definition) is 2. The van der Waals surface area contributed by atoms with E-state index in [1.807, 2.05) is 6.20 Å². The summed E-state index contributed by atoms with van der Waals surface area (Å²) in [6.45, 7) is 1.79. The first-order valence-corrected chi connectivity index (χ1v) is 4.69. The van der Waals surface area contributed by atoms with Crippen LogP contribution in [0.15, 0.2) is 6.20 Å². The molecule has 0 unspecified atom stereocenters. The monoisotopic (exact) mass is 177 g/mol. The SMILES string of the molecule is CC(=N)c1c(CC2CC2)c[nH]c1N. The molecule has 0 aromatic carbocycles. The Balaban J connectivity index is 2.27. The van der Waals surface area contributed by atoms with Gasteiger partial charge in [0.15, 0.2) is 0 Å². The Morgan fingerprint density at radius 1 is 1.69 bits per heavy atom. The number of anilines is 1. The van der Waals surface area contributed by atoms with E-state index >= 15 is 0 Å². The zero-order valence-electron chi connectivity index (χ0n) is 7.85. The Morgan fingerprint density at radius 2 is 2.38 bits per heavy atom.